The molecule has 0 aromatic heterocycles. The zero-order valence-corrected chi connectivity index (χ0v) is 12.5. The molecule has 0 saturated heterocycles. The molecular weight excluding hydrogens is 274 g/mol. The zero-order valence-electron chi connectivity index (χ0n) is 12.5. The van der Waals surface area contributed by atoms with Crippen LogP contribution in [-0.4, -0.2) is 43.7 Å². The number of carboxylic acid groups (broad SMARTS) is 1. The molecule has 0 aliphatic heterocycles. The van der Waals surface area contributed by atoms with Crippen LogP contribution in [0.5, 0.6) is 11.5 Å². The Hall–Kier alpha value is -2.08. The SMILES string of the molecule is CCCNC(CC(=O)O)C(=O)c1ccc(OC)cc1OC. The average Bonchev–Trinajstić information content (AvgIpc) is 2.49. The molecule has 1 rings (SSSR count). The monoisotopic (exact) mass is 295 g/mol. The summed E-state index contributed by atoms with van der Waals surface area (Å²) in [7, 11) is 2.98. The van der Waals surface area contributed by atoms with Crippen molar-refractivity contribution in [2.75, 3.05) is 20.8 Å². The first-order chi connectivity index (χ1) is 10.0. The number of carbonyl (C=O) groups excluding carboxylic acids is 1. The fourth-order valence-electron chi connectivity index (χ4n) is 1.94. The lowest BCUT2D eigenvalue weighted by molar-refractivity contribution is -0.137. The van der Waals surface area contributed by atoms with Gasteiger partial charge in [0, 0.05) is 6.07 Å². The summed E-state index contributed by atoms with van der Waals surface area (Å²) < 4.78 is 10.3. The summed E-state index contributed by atoms with van der Waals surface area (Å²) in [6.45, 7) is 2.52. The van der Waals surface area contributed by atoms with Crippen LogP contribution in [0.3, 0.4) is 0 Å². The number of hydrogen-bond acceptors (Lipinski definition) is 5. The van der Waals surface area contributed by atoms with Crippen molar-refractivity contribution in [2.45, 2.75) is 25.8 Å². The Balaban J connectivity index is 3.04. The maximum Gasteiger partial charge on any atom is 0.305 e. The number of methoxy groups -OCH3 is 2. The van der Waals surface area contributed by atoms with Crippen molar-refractivity contribution >= 4 is 11.8 Å². The predicted molar refractivity (Wildman–Crippen MR) is 78.2 cm³/mol. The van der Waals surface area contributed by atoms with Crippen LogP contribution in [0.25, 0.3) is 0 Å². The van der Waals surface area contributed by atoms with Crippen LogP contribution < -0.4 is 14.8 Å². The fourth-order valence-corrected chi connectivity index (χ4v) is 1.94. The summed E-state index contributed by atoms with van der Waals surface area (Å²) in [5.41, 5.74) is 0.341. The second-order valence-electron chi connectivity index (χ2n) is 4.54. The molecule has 1 aromatic carbocycles. The van der Waals surface area contributed by atoms with Crippen LogP contribution in [-0.2, 0) is 4.79 Å². The molecule has 1 unspecified atom stereocenters. The molecule has 6 nitrogen and oxygen atoms in total. The molecule has 116 valence electrons. The molecule has 0 heterocycles. The van der Waals surface area contributed by atoms with E-state index in [1.54, 1.807) is 18.2 Å². The van der Waals surface area contributed by atoms with Crippen LogP contribution in [0, 0.1) is 0 Å². The highest BCUT2D eigenvalue weighted by Crippen LogP contribution is 2.26. The lowest BCUT2D eigenvalue weighted by Crippen LogP contribution is -2.39. The Morgan fingerprint density at radius 2 is 2.00 bits per heavy atom. The number of aliphatic carboxylic acids is 1. The minimum Gasteiger partial charge on any atom is -0.497 e. The lowest BCUT2D eigenvalue weighted by atomic mass is 10.00. The molecule has 1 atom stereocenters. The molecule has 2 N–H and O–H groups in total. The first-order valence-corrected chi connectivity index (χ1v) is 6.74. The van der Waals surface area contributed by atoms with Crippen molar-refractivity contribution in [3.63, 3.8) is 0 Å². The Morgan fingerprint density at radius 1 is 1.29 bits per heavy atom. The average molecular weight is 295 g/mol. The van der Waals surface area contributed by atoms with Gasteiger partial charge in [0.05, 0.1) is 32.2 Å². The topological polar surface area (TPSA) is 84.9 Å². The van der Waals surface area contributed by atoms with Crippen molar-refractivity contribution in [3.8, 4) is 11.5 Å². The van der Waals surface area contributed by atoms with Crippen LogP contribution in [0.2, 0.25) is 0 Å². The second kappa shape index (κ2) is 8.26. The quantitative estimate of drug-likeness (QED) is 0.675. The van der Waals surface area contributed by atoms with E-state index in [0.29, 0.717) is 23.6 Å². The third kappa shape index (κ3) is 4.75. The summed E-state index contributed by atoms with van der Waals surface area (Å²) in [6, 6.07) is 4.06. The molecule has 1 aromatic rings. The first-order valence-electron chi connectivity index (χ1n) is 6.74. The van der Waals surface area contributed by atoms with Crippen LogP contribution in [0.15, 0.2) is 18.2 Å². The van der Waals surface area contributed by atoms with Gasteiger partial charge in [-0.05, 0) is 25.1 Å². The highest BCUT2D eigenvalue weighted by Gasteiger charge is 2.25. The summed E-state index contributed by atoms with van der Waals surface area (Å²) in [6.07, 6.45) is 0.539. The number of rotatable bonds is 9. The van der Waals surface area contributed by atoms with Gasteiger partial charge in [0.2, 0.25) is 0 Å². The molecule has 6 heteroatoms. The molecular formula is C15H21NO5. The van der Waals surface area contributed by atoms with Gasteiger partial charge in [-0.3, -0.25) is 9.59 Å². The van der Waals surface area contributed by atoms with Gasteiger partial charge in [-0.15, -0.1) is 0 Å². The standard InChI is InChI=1S/C15H21NO5/c1-4-7-16-12(9-14(17)18)15(19)11-6-5-10(20-2)8-13(11)21-3/h5-6,8,12,16H,4,7,9H2,1-3H3,(H,17,18). The van der Waals surface area contributed by atoms with E-state index in [9.17, 15) is 9.59 Å². The molecule has 0 aliphatic carbocycles. The van der Waals surface area contributed by atoms with E-state index in [-0.39, 0.29) is 12.2 Å². The number of Topliss-reactive ketones (excluding diaryl/α,β-unsaturated/α-hetero) is 1. The van der Waals surface area contributed by atoms with Crippen molar-refractivity contribution in [1.82, 2.24) is 5.32 Å². The van der Waals surface area contributed by atoms with Gasteiger partial charge in [-0.1, -0.05) is 6.92 Å². The van der Waals surface area contributed by atoms with Crippen molar-refractivity contribution in [2.24, 2.45) is 0 Å². The van der Waals surface area contributed by atoms with Crippen LogP contribution in [0.1, 0.15) is 30.1 Å². The number of benzene rings is 1. The number of ketones is 1. The van der Waals surface area contributed by atoms with E-state index in [0.717, 1.165) is 6.42 Å². The Morgan fingerprint density at radius 3 is 2.52 bits per heavy atom. The van der Waals surface area contributed by atoms with Crippen LogP contribution in [0.4, 0.5) is 0 Å². The summed E-state index contributed by atoms with van der Waals surface area (Å²) in [4.78, 5) is 23.4. The Labute approximate surface area is 124 Å². The van der Waals surface area contributed by atoms with Gasteiger partial charge in [-0.25, -0.2) is 0 Å². The highest BCUT2D eigenvalue weighted by atomic mass is 16.5. The third-order valence-corrected chi connectivity index (χ3v) is 3.01. The van der Waals surface area contributed by atoms with Gasteiger partial charge < -0.3 is 19.9 Å². The molecule has 0 radical (unpaired) electrons. The molecule has 0 saturated carbocycles. The zero-order chi connectivity index (χ0) is 15.8. The van der Waals surface area contributed by atoms with E-state index >= 15 is 0 Å². The fraction of sp³-hybridized carbons (Fsp3) is 0.467. The van der Waals surface area contributed by atoms with Gasteiger partial charge in [0.1, 0.15) is 11.5 Å². The smallest absolute Gasteiger partial charge is 0.305 e. The second-order valence-corrected chi connectivity index (χ2v) is 4.54. The van der Waals surface area contributed by atoms with Crippen LogP contribution >= 0.6 is 0 Å². The normalized spacial score (nSPS) is 11.8. The number of carbonyl (C=O) groups is 2. The highest BCUT2D eigenvalue weighted by molar-refractivity contribution is 6.04. The molecule has 0 amide bonds. The maximum absolute atomic E-state index is 12.5. The van der Waals surface area contributed by atoms with E-state index in [1.807, 2.05) is 6.92 Å². The maximum atomic E-state index is 12.5. The van der Waals surface area contributed by atoms with Gasteiger partial charge in [0.15, 0.2) is 5.78 Å². The predicted octanol–water partition coefficient (Wildman–Crippen LogP) is 1.73. The molecule has 0 fully saturated rings. The number of ether oxygens (including phenoxy) is 2. The third-order valence-electron chi connectivity index (χ3n) is 3.01. The number of hydrogen-bond donors (Lipinski definition) is 2. The molecule has 0 bridgehead atoms. The number of nitrogens with one attached hydrogen (secondary N) is 1. The minimum absolute atomic E-state index is 0.270. The Bertz CT molecular complexity index is 501. The first kappa shape index (κ1) is 17.0. The van der Waals surface area contributed by atoms with Crippen molar-refractivity contribution in [3.05, 3.63) is 23.8 Å². The lowest BCUT2D eigenvalue weighted by Gasteiger charge is -2.17. The largest absolute Gasteiger partial charge is 0.497 e. The number of carboxylic acids is 1. The van der Waals surface area contributed by atoms with Crippen molar-refractivity contribution < 1.29 is 24.2 Å². The van der Waals surface area contributed by atoms with Gasteiger partial charge >= 0.3 is 5.97 Å². The summed E-state index contributed by atoms with van der Waals surface area (Å²) in [5, 5.41) is 11.9. The molecule has 0 spiro atoms. The van der Waals surface area contributed by atoms with E-state index in [1.165, 1.54) is 14.2 Å². The van der Waals surface area contributed by atoms with E-state index < -0.39 is 12.0 Å². The van der Waals surface area contributed by atoms with E-state index in [2.05, 4.69) is 5.32 Å². The summed E-state index contributed by atoms with van der Waals surface area (Å²) >= 11 is 0. The molecule has 21 heavy (non-hydrogen) atoms. The van der Waals surface area contributed by atoms with E-state index in [4.69, 9.17) is 14.6 Å². The van der Waals surface area contributed by atoms with Gasteiger partial charge in [0.25, 0.3) is 0 Å². The minimum atomic E-state index is -1.02. The summed E-state index contributed by atoms with van der Waals surface area (Å²) in [5.74, 6) is -0.387. The van der Waals surface area contributed by atoms with Gasteiger partial charge in [-0.2, -0.15) is 0 Å². The van der Waals surface area contributed by atoms with Crippen molar-refractivity contribution in [1.29, 1.82) is 0 Å². The Kier molecular flexibility index (Phi) is 6.68. The molecule has 0 aliphatic rings.